The summed E-state index contributed by atoms with van der Waals surface area (Å²) in [6.07, 6.45) is 0.0656. The van der Waals surface area contributed by atoms with E-state index in [0.29, 0.717) is 19.4 Å². The SMILES string of the molecule is O=C(O)C1CCCC1CNC1CCCC(C(F)(F)F)C1. The molecule has 4 atom stereocenters. The van der Waals surface area contributed by atoms with Gasteiger partial charge in [-0.15, -0.1) is 0 Å². The zero-order chi connectivity index (χ0) is 14.8. The summed E-state index contributed by atoms with van der Waals surface area (Å²) in [6, 6.07) is -0.120. The largest absolute Gasteiger partial charge is 0.481 e. The van der Waals surface area contributed by atoms with Crippen LogP contribution < -0.4 is 5.32 Å². The molecule has 2 rings (SSSR count). The molecule has 3 nitrogen and oxygen atoms in total. The quantitative estimate of drug-likeness (QED) is 0.837. The first-order chi connectivity index (χ1) is 9.38. The molecule has 0 aromatic heterocycles. The molecular formula is C14H22F3NO2. The van der Waals surface area contributed by atoms with Gasteiger partial charge in [0.25, 0.3) is 0 Å². The third-order valence-corrected chi connectivity index (χ3v) is 4.78. The maximum atomic E-state index is 12.7. The van der Waals surface area contributed by atoms with Crippen molar-refractivity contribution in [1.29, 1.82) is 0 Å². The molecule has 0 heterocycles. The molecule has 2 aliphatic rings. The van der Waals surface area contributed by atoms with E-state index in [4.69, 9.17) is 5.11 Å². The molecule has 2 saturated carbocycles. The van der Waals surface area contributed by atoms with Gasteiger partial charge in [-0.05, 0) is 44.6 Å². The number of nitrogens with one attached hydrogen (secondary N) is 1. The van der Waals surface area contributed by atoms with E-state index in [2.05, 4.69) is 5.32 Å². The first-order valence-corrected chi connectivity index (χ1v) is 7.41. The van der Waals surface area contributed by atoms with E-state index in [1.54, 1.807) is 0 Å². The van der Waals surface area contributed by atoms with Crippen molar-refractivity contribution < 1.29 is 23.1 Å². The Kier molecular flexibility index (Phi) is 4.94. The topological polar surface area (TPSA) is 49.3 Å². The summed E-state index contributed by atoms with van der Waals surface area (Å²) in [7, 11) is 0. The molecule has 0 aromatic rings. The van der Waals surface area contributed by atoms with Gasteiger partial charge in [0, 0.05) is 6.04 Å². The van der Waals surface area contributed by atoms with Gasteiger partial charge in [-0.3, -0.25) is 4.79 Å². The number of halogens is 3. The molecule has 6 heteroatoms. The average molecular weight is 293 g/mol. The number of carboxylic acids is 1. The minimum absolute atomic E-state index is 0.0683. The van der Waals surface area contributed by atoms with Crippen molar-refractivity contribution in [2.75, 3.05) is 6.54 Å². The third kappa shape index (κ3) is 3.87. The van der Waals surface area contributed by atoms with Crippen LogP contribution in [0.2, 0.25) is 0 Å². The van der Waals surface area contributed by atoms with E-state index in [-0.39, 0.29) is 30.7 Å². The van der Waals surface area contributed by atoms with Crippen LogP contribution in [0.25, 0.3) is 0 Å². The van der Waals surface area contributed by atoms with Crippen molar-refractivity contribution in [3.63, 3.8) is 0 Å². The lowest BCUT2D eigenvalue weighted by Crippen LogP contribution is -2.41. The highest BCUT2D eigenvalue weighted by Crippen LogP contribution is 2.38. The standard InChI is InChI=1S/C14H22F3NO2/c15-14(16,17)10-4-2-5-11(7-10)18-8-9-3-1-6-12(9)13(19)20/h9-12,18H,1-8H2,(H,19,20). The summed E-state index contributed by atoms with van der Waals surface area (Å²) >= 11 is 0. The van der Waals surface area contributed by atoms with E-state index >= 15 is 0 Å². The number of hydrogen-bond donors (Lipinski definition) is 2. The van der Waals surface area contributed by atoms with Crippen LogP contribution in [0.4, 0.5) is 13.2 Å². The third-order valence-electron chi connectivity index (χ3n) is 4.78. The van der Waals surface area contributed by atoms with Crippen LogP contribution in [-0.2, 0) is 4.79 Å². The monoisotopic (exact) mass is 293 g/mol. The van der Waals surface area contributed by atoms with E-state index in [1.807, 2.05) is 0 Å². The highest BCUT2D eigenvalue weighted by Gasteiger charge is 2.42. The minimum atomic E-state index is -4.10. The molecule has 0 saturated heterocycles. The lowest BCUT2D eigenvalue weighted by Gasteiger charge is -2.32. The van der Waals surface area contributed by atoms with Gasteiger partial charge in [-0.1, -0.05) is 12.8 Å². The zero-order valence-corrected chi connectivity index (χ0v) is 11.5. The van der Waals surface area contributed by atoms with Crippen molar-refractivity contribution in [1.82, 2.24) is 5.32 Å². The van der Waals surface area contributed by atoms with Crippen molar-refractivity contribution in [2.24, 2.45) is 17.8 Å². The first kappa shape index (κ1) is 15.6. The first-order valence-electron chi connectivity index (χ1n) is 7.41. The molecule has 0 aliphatic heterocycles. The van der Waals surface area contributed by atoms with Crippen molar-refractivity contribution in [3.05, 3.63) is 0 Å². The highest BCUT2D eigenvalue weighted by atomic mass is 19.4. The van der Waals surface area contributed by atoms with Crippen LogP contribution in [0.1, 0.15) is 44.9 Å². The Hall–Kier alpha value is -0.780. The summed E-state index contributed by atoms with van der Waals surface area (Å²) in [5, 5.41) is 12.3. The number of alkyl halides is 3. The van der Waals surface area contributed by atoms with E-state index in [9.17, 15) is 18.0 Å². The summed E-state index contributed by atoms with van der Waals surface area (Å²) in [5.41, 5.74) is 0. The molecule has 4 unspecified atom stereocenters. The van der Waals surface area contributed by atoms with Gasteiger partial charge < -0.3 is 10.4 Å². The molecule has 0 bridgehead atoms. The van der Waals surface area contributed by atoms with E-state index in [0.717, 1.165) is 19.3 Å². The van der Waals surface area contributed by atoms with E-state index < -0.39 is 18.1 Å². The smallest absolute Gasteiger partial charge is 0.391 e. The van der Waals surface area contributed by atoms with Gasteiger partial charge in [-0.25, -0.2) is 0 Å². The van der Waals surface area contributed by atoms with E-state index in [1.165, 1.54) is 0 Å². The van der Waals surface area contributed by atoms with Gasteiger partial charge in [-0.2, -0.15) is 13.2 Å². The normalized spacial score (nSPS) is 35.1. The maximum absolute atomic E-state index is 12.7. The van der Waals surface area contributed by atoms with Crippen LogP contribution >= 0.6 is 0 Å². The summed E-state index contributed by atoms with van der Waals surface area (Å²) in [5.74, 6) is -2.23. The average Bonchev–Trinajstić information content (AvgIpc) is 2.84. The van der Waals surface area contributed by atoms with Crippen LogP contribution in [0.3, 0.4) is 0 Å². The second-order valence-electron chi connectivity index (χ2n) is 6.15. The molecule has 2 aliphatic carbocycles. The van der Waals surface area contributed by atoms with Gasteiger partial charge in [0.05, 0.1) is 11.8 Å². The number of carbonyl (C=O) groups is 1. The minimum Gasteiger partial charge on any atom is -0.481 e. The Labute approximate surface area is 116 Å². The fourth-order valence-corrected chi connectivity index (χ4v) is 3.60. The second-order valence-corrected chi connectivity index (χ2v) is 6.15. The molecule has 0 spiro atoms. The van der Waals surface area contributed by atoms with Gasteiger partial charge in [0.1, 0.15) is 0 Å². The van der Waals surface area contributed by atoms with Gasteiger partial charge in [0.15, 0.2) is 0 Å². The molecule has 20 heavy (non-hydrogen) atoms. The summed E-state index contributed by atoms with van der Waals surface area (Å²) < 4.78 is 38.2. The Morgan fingerprint density at radius 1 is 1.15 bits per heavy atom. The molecular weight excluding hydrogens is 271 g/mol. The van der Waals surface area contributed by atoms with Crippen LogP contribution in [-0.4, -0.2) is 29.8 Å². The predicted octanol–water partition coefficient (Wildman–Crippen LogP) is 3.20. The Balaban J connectivity index is 1.80. The number of aliphatic carboxylic acids is 1. The fourth-order valence-electron chi connectivity index (χ4n) is 3.60. The Bertz CT molecular complexity index is 346. The zero-order valence-electron chi connectivity index (χ0n) is 11.5. The second kappa shape index (κ2) is 6.33. The molecule has 0 aromatic carbocycles. The lowest BCUT2D eigenvalue weighted by molar-refractivity contribution is -0.183. The van der Waals surface area contributed by atoms with Gasteiger partial charge in [0.2, 0.25) is 0 Å². The summed E-state index contributed by atoms with van der Waals surface area (Å²) in [4.78, 5) is 11.1. The number of hydrogen-bond acceptors (Lipinski definition) is 2. The Morgan fingerprint density at radius 3 is 2.50 bits per heavy atom. The predicted molar refractivity (Wildman–Crippen MR) is 68.3 cm³/mol. The van der Waals surface area contributed by atoms with Crippen molar-refractivity contribution in [3.8, 4) is 0 Å². The van der Waals surface area contributed by atoms with Crippen LogP contribution in [0, 0.1) is 17.8 Å². The maximum Gasteiger partial charge on any atom is 0.391 e. The fraction of sp³-hybridized carbons (Fsp3) is 0.929. The molecule has 2 fully saturated rings. The molecule has 2 N–H and O–H groups in total. The highest BCUT2D eigenvalue weighted by molar-refractivity contribution is 5.70. The van der Waals surface area contributed by atoms with Crippen LogP contribution in [0.15, 0.2) is 0 Å². The lowest BCUT2D eigenvalue weighted by atomic mass is 9.85. The van der Waals surface area contributed by atoms with Crippen LogP contribution in [0.5, 0.6) is 0 Å². The van der Waals surface area contributed by atoms with Gasteiger partial charge >= 0.3 is 12.1 Å². The van der Waals surface area contributed by atoms with Crippen molar-refractivity contribution in [2.45, 2.75) is 57.2 Å². The molecule has 0 radical (unpaired) electrons. The van der Waals surface area contributed by atoms with Crippen molar-refractivity contribution >= 4 is 5.97 Å². The molecule has 116 valence electrons. The molecule has 0 amide bonds. The summed E-state index contributed by atoms with van der Waals surface area (Å²) in [6.45, 7) is 0.534. The Morgan fingerprint density at radius 2 is 1.85 bits per heavy atom. The number of rotatable bonds is 4. The number of carboxylic acid groups (broad SMARTS) is 1.